The minimum Gasteiger partial charge on any atom is -1.00 e. The Morgan fingerprint density at radius 1 is 1.15 bits per heavy atom. The SMILES string of the molecule is O=C(C[n+]1cc[nH]c1-c1ccccc1)c1cccs1.[Br-]. The standard InChI is InChI=1S/C15H12N2OS.BrH/c18-13(14-7-4-10-19-14)11-17-9-8-16-15(17)12-5-2-1-3-6-12;/h1-10H,11H2;1H. The Balaban J connectivity index is 0.00000147. The van der Waals surface area contributed by atoms with Crippen molar-refractivity contribution in [2.24, 2.45) is 0 Å². The second-order valence-corrected chi connectivity index (χ2v) is 5.15. The number of hydrogen-bond donors (Lipinski definition) is 1. The molecule has 5 heteroatoms. The maximum Gasteiger partial charge on any atom is 0.287 e. The molecule has 0 atom stereocenters. The van der Waals surface area contributed by atoms with Gasteiger partial charge in [-0.15, -0.1) is 11.3 Å². The van der Waals surface area contributed by atoms with E-state index < -0.39 is 0 Å². The third kappa shape index (κ3) is 3.05. The molecule has 0 saturated carbocycles. The highest BCUT2D eigenvalue weighted by atomic mass is 79.9. The maximum atomic E-state index is 12.1. The summed E-state index contributed by atoms with van der Waals surface area (Å²) in [7, 11) is 0. The van der Waals surface area contributed by atoms with Crippen LogP contribution in [0.3, 0.4) is 0 Å². The van der Waals surface area contributed by atoms with Gasteiger partial charge >= 0.3 is 0 Å². The molecule has 1 aromatic carbocycles. The Morgan fingerprint density at radius 3 is 2.65 bits per heavy atom. The molecule has 2 aromatic heterocycles. The first kappa shape index (κ1) is 14.7. The monoisotopic (exact) mass is 348 g/mol. The van der Waals surface area contributed by atoms with E-state index in [1.54, 1.807) is 0 Å². The lowest BCUT2D eigenvalue weighted by molar-refractivity contribution is -0.670. The van der Waals surface area contributed by atoms with Crippen LogP contribution in [-0.4, -0.2) is 10.8 Å². The van der Waals surface area contributed by atoms with Crippen molar-refractivity contribution < 1.29 is 26.3 Å². The average molecular weight is 349 g/mol. The summed E-state index contributed by atoms with van der Waals surface area (Å²) in [5.41, 5.74) is 1.08. The number of halogens is 1. The second kappa shape index (κ2) is 6.63. The van der Waals surface area contributed by atoms with Gasteiger partial charge in [-0.2, -0.15) is 0 Å². The highest BCUT2D eigenvalue weighted by molar-refractivity contribution is 7.12. The third-order valence-electron chi connectivity index (χ3n) is 2.92. The lowest BCUT2D eigenvalue weighted by Crippen LogP contribution is -3.00. The van der Waals surface area contributed by atoms with Crippen LogP contribution < -0.4 is 21.5 Å². The number of ketones is 1. The molecule has 0 aliphatic heterocycles. The number of hydrogen-bond acceptors (Lipinski definition) is 2. The molecule has 0 saturated heterocycles. The molecule has 0 fully saturated rings. The Kier molecular flexibility index (Phi) is 4.87. The molecule has 3 aromatic rings. The fraction of sp³-hybridized carbons (Fsp3) is 0.0667. The average Bonchev–Trinajstić information content (AvgIpc) is 3.11. The van der Waals surface area contributed by atoms with Crippen molar-refractivity contribution in [2.45, 2.75) is 6.54 Å². The van der Waals surface area contributed by atoms with Crippen LogP contribution in [0.4, 0.5) is 0 Å². The molecule has 0 aliphatic rings. The Morgan fingerprint density at radius 2 is 1.95 bits per heavy atom. The van der Waals surface area contributed by atoms with Gasteiger partial charge in [0.25, 0.3) is 5.82 Å². The number of benzene rings is 1. The quantitative estimate of drug-likeness (QED) is 0.519. The zero-order valence-corrected chi connectivity index (χ0v) is 13.0. The van der Waals surface area contributed by atoms with Crippen molar-refractivity contribution in [3.05, 3.63) is 65.1 Å². The number of Topliss-reactive ketones (excluding diaryl/α,β-unsaturated/α-hetero) is 1. The summed E-state index contributed by atoms with van der Waals surface area (Å²) in [5, 5.41) is 1.92. The number of nitrogens with one attached hydrogen (secondary N) is 1. The zero-order valence-electron chi connectivity index (χ0n) is 10.6. The van der Waals surface area contributed by atoms with Gasteiger partial charge < -0.3 is 17.0 Å². The predicted octanol–water partition coefficient (Wildman–Crippen LogP) is -0.0824. The summed E-state index contributed by atoms with van der Waals surface area (Å²) in [6, 6.07) is 13.8. The number of carbonyl (C=O) groups is 1. The minimum absolute atomic E-state index is 0. The first-order valence-corrected chi connectivity index (χ1v) is 6.91. The number of H-pyrrole nitrogens is 1. The summed E-state index contributed by atoms with van der Waals surface area (Å²) in [5.74, 6) is 1.09. The topological polar surface area (TPSA) is 36.7 Å². The van der Waals surface area contributed by atoms with E-state index in [0.717, 1.165) is 16.3 Å². The molecule has 1 N–H and O–H groups in total. The summed E-state index contributed by atoms with van der Waals surface area (Å²) >= 11 is 1.48. The Hall–Kier alpha value is -1.72. The number of rotatable bonds is 4. The van der Waals surface area contributed by atoms with E-state index >= 15 is 0 Å². The number of thiophene rings is 1. The molecule has 0 bridgehead atoms. The smallest absolute Gasteiger partial charge is 0.287 e. The van der Waals surface area contributed by atoms with Gasteiger partial charge in [0.15, 0.2) is 6.54 Å². The highest BCUT2D eigenvalue weighted by Crippen LogP contribution is 2.13. The fourth-order valence-electron chi connectivity index (χ4n) is 2.01. The van der Waals surface area contributed by atoms with Gasteiger partial charge in [0.05, 0.1) is 10.4 Å². The van der Waals surface area contributed by atoms with Crippen molar-refractivity contribution in [1.82, 2.24) is 4.98 Å². The molecular formula is C15H13BrN2OS. The van der Waals surface area contributed by atoms with Gasteiger partial charge in [-0.3, -0.25) is 4.79 Å². The predicted molar refractivity (Wildman–Crippen MR) is 75.1 cm³/mol. The Bertz CT molecular complexity index is 677. The molecule has 20 heavy (non-hydrogen) atoms. The van der Waals surface area contributed by atoms with Crippen molar-refractivity contribution >= 4 is 17.1 Å². The number of imidazole rings is 1. The number of aromatic amines is 1. The molecule has 0 unspecified atom stereocenters. The lowest BCUT2D eigenvalue weighted by Gasteiger charge is -1.99. The number of aromatic nitrogens is 2. The van der Waals surface area contributed by atoms with Crippen LogP contribution >= 0.6 is 11.3 Å². The summed E-state index contributed by atoms with van der Waals surface area (Å²) in [4.78, 5) is 16.1. The number of nitrogens with zero attached hydrogens (tertiary/aromatic N) is 1. The molecular weight excluding hydrogens is 336 g/mol. The van der Waals surface area contributed by atoms with E-state index in [1.807, 2.05) is 64.8 Å². The molecule has 0 radical (unpaired) electrons. The van der Waals surface area contributed by atoms with Crippen molar-refractivity contribution in [3.63, 3.8) is 0 Å². The maximum absolute atomic E-state index is 12.1. The van der Waals surface area contributed by atoms with Crippen molar-refractivity contribution in [1.29, 1.82) is 0 Å². The molecule has 3 nitrogen and oxygen atoms in total. The fourth-order valence-corrected chi connectivity index (χ4v) is 2.67. The molecule has 3 rings (SSSR count). The van der Waals surface area contributed by atoms with Crippen LogP contribution in [0.15, 0.2) is 60.2 Å². The summed E-state index contributed by atoms with van der Waals surface area (Å²) in [6.45, 7) is 0.355. The van der Waals surface area contributed by atoms with Crippen LogP contribution in [-0.2, 0) is 6.54 Å². The van der Waals surface area contributed by atoms with E-state index in [2.05, 4.69) is 4.98 Å². The number of carbonyl (C=O) groups excluding carboxylic acids is 1. The second-order valence-electron chi connectivity index (χ2n) is 4.20. The van der Waals surface area contributed by atoms with E-state index in [4.69, 9.17) is 0 Å². The molecule has 0 amide bonds. The van der Waals surface area contributed by atoms with Gasteiger partial charge in [0.2, 0.25) is 5.78 Å². The van der Waals surface area contributed by atoms with Crippen LogP contribution in [0.1, 0.15) is 9.67 Å². The zero-order chi connectivity index (χ0) is 13.1. The van der Waals surface area contributed by atoms with Gasteiger partial charge in [0, 0.05) is 0 Å². The first-order valence-electron chi connectivity index (χ1n) is 6.03. The van der Waals surface area contributed by atoms with Gasteiger partial charge in [0.1, 0.15) is 12.4 Å². The minimum atomic E-state index is 0. The van der Waals surface area contributed by atoms with Crippen LogP contribution in [0.25, 0.3) is 11.4 Å². The Labute approximate surface area is 131 Å². The molecule has 102 valence electrons. The van der Waals surface area contributed by atoms with E-state index in [0.29, 0.717) is 6.54 Å². The van der Waals surface area contributed by atoms with Crippen LogP contribution in [0.2, 0.25) is 0 Å². The van der Waals surface area contributed by atoms with Gasteiger partial charge in [-0.1, -0.05) is 24.3 Å². The first-order chi connectivity index (χ1) is 9.34. The molecule has 0 aliphatic carbocycles. The molecule has 0 spiro atoms. The van der Waals surface area contributed by atoms with Crippen molar-refractivity contribution in [2.75, 3.05) is 0 Å². The van der Waals surface area contributed by atoms with E-state index in [-0.39, 0.29) is 22.8 Å². The molecule has 2 heterocycles. The highest BCUT2D eigenvalue weighted by Gasteiger charge is 2.17. The normalized spacial score (nSPS) is 10.0. The van der Waals surface area contributed by atoms with E-state index in [1.165, 1.54) is 11.3 Å². The lowest BCUT2D eigenvalue weighted by atomic mass is 10.2. The summed E-state index contributed by atoms with van der Waals surface area (Å²) < 4.78 is 1.94. The largest absolute Gasteiger partial charge is 1.00 e. The van der Waals surface area contributed by atoms with Gasteiger partial charge in [-0.05, 0) is 23.6 Å². The van der Waals surface area contributed by atoms with Crippen LogP contribution in [0, 0.1) is 0 Å². The van der Waals surface area contributed by atoms with Crippen molar-refractivity contribution in [3.8, 4) is 11.4 Å². The van der Waals surface area contributed by atoms with Crippen LogP contribution in [0.5, 0.6) is 0 Å². The third-order valence-corrected chi connectivity index (χ3v) is 3.83. The summed E-state index contributed by atoms with van der Waals surface area (Å²) in [6.07, 6.45) is 3.75. The van der Waals surface area contributed by atoms with E-state index in [9.17, 15) is 4.79 Å². The van der Waals surface area contributed by atoms with Gasteiger partial charge in [-0.25, -0.2) is 9.55 Å².